The van der Waals surface area contributed by atoms with Gasteiger partial charge in [-0.1, -0.05) is 62.1 Å². The molecule has 1 aromatic carbocycles. The first-order chi connectivity index (χ1) is 18.2. The third-order valence-corrected chi connectivity index (χ3v) is 8.25. The maximum Gasteiger partial charge on any atom is 0.225 e. The van der Waals surface area contributed by atoms with Crippen LogP contribution in [0.4, 0.5) is 0 Å². The topological polar surface area (TPSA) is 54.5 Å². The van der Waals surface area contributed by atoms with Crippen LogP contribution in [0.25, 0.3) is 0 Å². The SMILES string of the molecule is C=C(C)[C@@H]1CCC(C)=C[C@H]1c1c(O)cc(CCCCC)cc1OC(=S)SCC1CO1.SCC1CO1.[2H]C[B]. The van der Waals surface area contributed by atoms with Gasteiger partial charge in [0.1, 0.15) is 11.5 Å². The smallest absolute Gasteiger partial charge is 0.225 e. The first-order valence-electron chi connectivity index (χ1n) is 13.8. The minimum absolute atomic E-state index is 0. The number of thiol groups is 1. The zero-order chi connectivity index (χ0) is 28.1. The lowest BCUT2D eigenvalue weighted by Gasteiger charge is -2.32. The highest BCUT2D eigenvalue weighted by Gasteiger charge is 2.31. The molecular formula is C29H43BO4S3. The number of aryl methyl sites for hydroxylation is 1. The number of hydrogen-bond acceptors (Lipinski definition) is 7. The van der Waals surface area contributed by atoms with Crippen LogP contribution in [0.3, 0.4) is 0 Å². The fraction of sp³-hybridized carbons (Fsp3) is 0.621. The van der Waals surface area contributed by atoms with Gasteiger partial charge in [-0.15, -0.1) is 0 Å². The summed E-state index contributed by atoms with van der Waals surface area (Å²) < 4.78 is 22.7. The molecule has 8 heteroatoms. The molecule has 4 nitrogen and oxygen atoms in total. The van der Waals surface area contributed by atoms with Gasteiger partial charge in [0, 0.05) is 24.4 Å². The molecule has 0 spiro atoms. The van der Waals surface area contributed by atoms with E-state index in [2.05, 4.69) is 60.0 Å². The maximum atomic E-state index is 11.1. The molecule has 1 aliphatic carbocycles. The van der Waals surface area contributed by atoms with Crippen molar-refractivity contribution in [2.45, 2.75) is 84.2 Å². The van der Waals surface area contributed by atoms with Gasteiger partial charge >= 0.3 is 0 Å². The van der Waals surface area contributed by atoms with E-state index in [0.717, 1.165) is 67.1 Å². The maximum absolute atomic E-state index is 11.1. The molecule has 0 bridgehead atoms. The normalized spacial score (nSPS) is 23.8. The Kier molecular flexibility index (Phi) is 14.0. The highest BCUT2D eigenvalue weighted by Crippen LogP contribution is 2.47. The van der Waals surface area contributed by atoms with E-state index in [4.69, 9.17) is 27.8 Å². The quantitative estimate of drug-likeness (QED) is 0.0770. The average Bonchev–Trinajstić information content (AvgIpc) is 3.78. The summed E-state index contributed by atoms with van der Waals surface area (Å²) in [5, 5.41) is 11.1. The average molecular weight is 564 g/mol. The highest BCUT2D eigenvalue weighted by atomic mass is 32.2. The monoisotopic (exact) mass is 563 g/mol. The van der Waals surface area contributed by atoms with Crippen LogP contribution in [-0.4, -0.2) is 54.3 Å². The number of aromatic hydroxyl groups is 1. The van der Waals surface area contributed by atoms with Crippen molar-refractivity contribution in [3.8, 4) is 11.5 Å². The number of benzene rings is 1. The zero-order valence-electron chi connectivity index (χ0n) is 23.5. The van der Waals surface area contributed by atoms with Gasteiger partial charge in [0.05, 0.1) is 33.3 Å². The number of epoxide rings is 2. The first-order valence-corrected chi connectivity index (χ1v) is 15.1. The van der Waals surface area contributed by atoms with Crippen molar-refractivity contribution in [2.24, 2.45) is 5.92 Å². The molecule has 1 aromatic rings. The molecular weight excluding hydrogens is 519 g/mol. The second-order valence-corrected chi connectivity index (χ2v) is 11.8. The summed E-state index contributed by atoms with van der Waals surface area (Å²) in [5.41, 5.74) is 4.43. The number of thiocarbonyl (C=S) groups is 1. The molecule has 2 aliphatic heterocycles. The molecule has 2 fully saturated rings. The molecule has 2 radical (unpaired) electrons. The van der Waals surface area contributed by atoms with E-state index in [1.165, 1.54) is 30.2 Å². The van der Waals surface area contributed by atoms with Gasteiger partial charge in [0.2, 0.25) is 4.38 Å². The fourth-order valence-electron chi connectivity index (χ4n) is 4.33. The Morgan fingerprint density at radius 2 is 2.00 bits per heavy atom. The summed E-state index contributed by atoms with van der Waals surface area (Å²) in [6, 6.07) is 4.00. The van der Waals surface area contributed by atoms with Crippen LogP contribution < -0.4 is 4.74 Å². The van der Waals surface area contributed by atoms with Crippen LogP contribution in [-0.2, 0) is 15.9 Å². The van der Waals surface area contributed by atoms with Crippen LogP contribution >= 0.6 is 36.6 Å². The van der Waals surface area contributed by atoms with Crippen LogP contribution in [0.2, 0.25) is 6.80 Å². The molecule has 4 atom stereocenters. The molecule has 3 aliphatic rings. The molecule has 37 heavy (non-hydrogen) atoms. The summed E-state index contributed by atoms with van der Waals surface area (Å²) >= 11 is 11.0. The van der Waals surface area contributed by atoms with E-state index in [1.54, 1.807) is 0 Å². The Labute approximate surface area is 242 Å². The summed E-state index contributed by atoms with van der Waals surface area (Å²) in [4.78, 5) is 0. The molecule has 2 heterocycles. The fourth-order valence-corrected chi connectivity index (χ4v) is 5.50. The minimum Gasteiger partial charge on any atom is -0.507 e. The number of phenols is 1. The summed E-state index contributed by atoms with van der Waals surface area (Å²) in [5.74, 6) is 3.04. The molecule has 0 saturated carbocycles. The number of thioether (sulfide) groups is 1. The Balaban J connectivity index is 0.000000547. The van der Waals surface area contributed by atoms with E-state index < -0.39 is 0 Å². The van der Waals surface area contributed by atoms with E-state index in [1.807, 2.05) is 6.07 Å². The lowest BCUT2D eigenvalue weighted by Crippen LogP contribution is -2.18. The van der Waals surface area contributed by atoms with Crippen LogP contribution in [0.1, 0.15) is 71.3 Å². The Morgan fingerprint density at radius 1 is 1.32 bits per heavy atom. The van der Waals surface area contributed by atoms with Gasteiger partial charge in [-0.2, -0.15) is 12.6 Å². The third kappa shape index (κ3) is 11.4. The molecule has 0 aromatic heterocycles. The molecule has 2 saturated heterocycles. The second kappa shape index (κ2) is 16.9. The first kappa shape index (κ1) is 30.6. The van der Waals surface area contributed by atoms with Crippen molar-refractivity contribution in [3.63, 3.8) is 0 Å². The third-order valence-electron chi connectivity index (χ3n) is 6.55. The molecule has 4 rings (SSSR count). The van der Waals surface area contributed by atoms with Gasteiger partial charge in [-0.3, -0.25) is 0 Å². The molecule has 1 N–H and O–H groups in total. The van der Waals surface area contributed by atoms with E-state index in [9.17, 15) is 5.11 Å². The van der Waals surface area contributed by atoms with Gasteiger partial charge in [-0.05, 0) is 75.4 Å². The predicted octanol–water partition coefficient (Wildman–Crippen LogP) is 7.45. The largest absolute Gasteiger partial charge is 0.507 e. The van der Waals surface area contributed by atoms with Crippen molar-refractivity contribution < 1.29 is 20.7 Å². The zero-order valence-corrected chi connectivity index (χ0v) is 25.1. The van der Waals surface area contributed by atoms with Crippen molar-refractivity contribution in [3.05, 3.63) is 47.1 Å². The molecule has 0 amide bonds. The number of rotatable bonds is 10. The van der Waals surface area contributed by atoms with Crippen molar-refractivity contribution in [1.29, 1.82) is 0 Å². The van der Waals surface area contributed by atoms with Crippen LogP contribution in [0.5, 0.6) is 11.5 Å². The minimum atomic E-state index is 0. The van der Waals surface area contributed by atoms with Crippen molar-refractivity contribution in [1.82, 2.24) is 0 Å². The van der Waals surface area contributed by atoms with Gasteiger partial charge < -0.3 is 19.3 Å². The standard InChI is InChI=1S/C25H34O3S2.C3H6OS.CH3B/c1-5-6-7-8-18-12-22(26)24(21-11-17(4)9-10-20(21)16(2)3)23(13-18)28-25(29)30-15-19-14-27-19;5-2-3-1-4-3;1-2/h11-13,19-21,26H,2,5-10,14-15H2,1,3-4H3;3,5H,1-2H2;1H3/t19?,20-,21+;;/m0../s1/i;;1D. The van der Waals surface area contributed by atoms with Crippen molar-refractivity contribution >= 4 is 48.8 Å². The van der Waals surface area contributed by atoms with Crippen LogP contribution in [0, 0.1) is 5.92 Å². The highest BCUT2D eigenvalue weighted by molar-refractivity contribution is 8.22. The van der Waals surface area contributed by atoms with Crippen molar-refractivity contribution in [2.75, 3.05) is 24.7 Å². The van der Waals surface area contributed by atoms with E-state index >= 15 is 0 Å². The number of unbranched alkanes of at least 4 members (excludes halogenated alkanes) is 2. The van der Waals surface area contributed by atoms with Gasteiger partial charge in [0.25, 0.3) is 0 Å². The number of ether oxygens (including phenoxy) is 3. The van der Waals surface area contributed by atoms with Gasteiger partial charge in [0.15, 0.2) is 0 Å². The Hall–Kier alpha value is -0.925. The van der Waals surface area contributed by atoms with E-state index in [-0.39, 0.29) is 18.6 Å². The number of hydrogen-bond donors (Lipinski definition) is 2. The van der Waals surface area contributed by atoms with Gasteiger partial charge in [-0.25, -0.2) is 0 Å². The Morgan fingerprint density at radius 3 is 2.54 bits per heavy atom. The summed E-state index contributed by atoms with van der Waals surface area (Å²) in [6.07, 6.45) is 9.55. The lowest BCUT2D eigenvalue weighted by atomic mass is 9.73. The summed E-state index contributed by atoms with van der Waals surface area (Å²) in [7, 11) is 4.51. The van der Waals surface area contributed by atoms with E-state index in [0.29, 0.717) is 28.1 Å². The molecule has 2 unspecified atom stereocenters. The second-order valence-electron chi connectivity index (χ2n) is 9.77. The molecule has 204 valence electrons. The Bertz CT molecular complexity index is 935. The number of allylic oxidation sites excluding steroid dienone is 3. The number of phenolic OH excluding ortho intramolecular Hbond substituents is 1. The lowest BCUT2D eigenvalue weighted by molar-refractivity contribution is 0.423. The summed E-state index contributed by atoms with van der Waals surface area (Å²) in [6.45, 7) is 12.4. The van der Waals surface area contributed by atoms with Crippen LogP contribution in [0.15, 0.2) is 35.9 Å². The predicted molar refractivity (Wildman–Crippen MR) is 166 cm³/mol.